The van der Waals surface area contributed by atoms with Crippen LogP contribution in [0.15, 0.2) is 64.8 Å². The molecular weight excluding hydrogens is 385 g/mol. The molecule has 4 rings (SSSR count). The Hall–Kier alpha value is -3.27. The average molecular weight is 404 g/mol. The fourth-order valence-electron chi connectivity index (χ4n) is 3.36. The fraction of sp³-hybridized carbons (Fsp3) is 0.263. The van der Waals surface area contributed by atoms with Crippen molar-refractivity contribution in [1.82, 2.24) is 26.3 Å². The summed E-state index contributed by atoms with van der Waals surface area (Å²) in [5.74, 6) is 0.164. The van der Waals surface area contributed by atoms with Gasteiger partial charge in [-0.2, -0.15) is 18.3 Å². The van der Waals surface area contributed by atoms with Crippen LogP contribution in [0.25, 0.3) is 0 Å². The average Bonchev–Trinajstić information content (AvgIpc) is 3.03. The lowest BCUT2D eigenvalue weighted by Crippen LogP contribution is -2.43. The molecule has 1 aromatic rings. The van der Waals surface area contributed by atoms with Gasteiger partial charge in [-0.3, -0.25) is 10.1 Å². The molecule has 0 aromatic heterocycles. The van der Waals surface area contributed by atoms with Crippen LogP contribution in [0.1, 0.15) is 18.1 Å². The molecule has 3 aliphatic heterocycles. The Labute approximate surface area is 165 Å². The van der Waals surface area contributed by atoms with Crippen LogP contribution in [-0.4, -0.2) is 36.0 Å². The van der Waals surface area contributed by atoms with E-state index in [1.165, 1.54) is 29.3 Å². The number of rotatable bonds is 3. The van der Waals surface area contributed by atoms with Gasteiger partial charge in [-0.05, 0) is 31.2 Å². The number of hydrogen-bond acceptors (Lipinski definition) is 6. The lowest BCUT2D eigenvalue weighted by molar-refractivity contribution is -0.137. The lowest BCUT2D eigenvalue weighted by Gasteiger charge is -2.26. The van der Waals surface area contributed by atoms with E-state index in [1.54, 1.807) is 19.1 Å². The van der Waals surface area contributed by atoms with Crippen LogP contribution >= 0.6 is 0 Å². The maximum atomic E-state index is 13.4. The maximum Gasteiger partial charge on any atom is 0.417 e. The zero-order valence-electron chi connectivity index (χ0n) is 15.5. The van der Waals surface area contributed by atoms with Crippen molar-refractivity contribution in [3.63, 3.8) is 0 Å². The molecule has 0 aliphatic carbocycles. The zero-order valence-corrected chi connectivity index (χ0v) is 15.5. The van der Waals surface area contributed by atoms with Crippen molar-refractivity contribution in [3.8, 4) is 0 Å². The zero-order chi connectivity index (χ0) is 20.6. The van der Waals surface area contributed by atoms with Crippen molar-refractivity contribution in [2.75, 3.05) is 13.2 Å². The van der Waals surface area contributed by atoms with E-state index in [4.69, 9.17) is 0 Å². The number of alkyl halides is 3. The minimum Gasteiger partial charge on any atom is -0.362 e. The minimum absolute atomic E-state index is 0.0401. The van der Waals surface area contributed by atoms with Crippen molar-refractivity contribution in [3.05, 3.63) is 70.8 Å². The first-order valence-electron chi connectivity index (χ1n) is 9.01. The van der Waals surface area contributed by atoms with Crippen molar-refractivity contribution in [1.29, 1.82) is 0 Å². The molecular formula is C19H19F3N6O. The van der Waals surface area contributed by atoms with Gasteiger partial charge in [-0.1, -0.05) is 18.2 Å². The Morgan fingerprint density at radius 2 is 2.10 bits per heavy atom. The number of amides is 1. The van der Waals surface area contributed by atoms with E-state index in [0.717, 1.165) is 6.07 Å². The Kier molecular flexibility index (Phi) is 4.79. The summed E-state index contributed by atoms with van der Waals surface area (Å²) < 4.78 is 40.2. The summed E-state index contributed by atoms with van der Waals surface area (Å²) in [6.07, 6.45) is 0.0613. The Morgan fingerprint density at radius 3 is 2.83 bits per heavy atom. The first kappa shape index (κ1) is 19.1. The molecule has 3 heterocycles. The van der Waals surface area contributed by atoms with Gasteiger partial charge in [0.25, 0.3) is 5.91 Å². The molecule has 0 saturated carbocycles. The summed E-state index contributed by atoms with van der Waals surface area (Å²) in [6.45, 7) is 2.86. The Bertz CT molecular complexity index is 963. The molecule has 0 spiro atoms. The van der Waals surface area contributed by atoms with E-state index in [0.29, 0.717) is 24.7 Å². The normalized spacial score (nSPS) is 21.1. The van der Waals surface area contributed by atoms with Crippen LogP contribution in [0, 0.1) is 0 Å². The predicted molar refractivity (Wildman–Crippen MR) is 101 cm³/mol. The number of nitrogens with one attached hydrogen (secondary N) is 4. The van der Waals surface area contributed by atoms with Gasteiger partial charge >= 0.3 is 6.18 Å². The molecule has 1 atom stereocenters. The van der Waals surface area contributed by atoms with E-state index >= 15 is 0 Å². The van der Waals surface area contributed by atoms with Crippen molar-refractivity contribution >= 4 is 11.6 Å². The van der Waals surface area contributed by atoms with E-state index in [1.807, 2.05) is 0 Å². The summed E-state index contributed by atoms with van der Waals surface area (Å²) in [5, 5.41) is 17.7. The highest BCUT2D eigenvalue weighted by atomic mass is 19.4. The monoisotopic (exact) mass is 404 g/mol. The number of nitrogens with zero attached hydrogens (tertiary/aromatic N) is 2. The predicted octanol–water partition coefficient (Wildman–Crippen LogP) is 1.55. The molecule has 29 heavy (non-hydrogen) atoms. The molecule has 0 bridgehead atoms. The van der Waals surface area contributed by atoms with Crippen LogP contribution in [0.2, 0.25) is 0 Å². The van der Waals surface area contributed by atoms with Crippen LogP contribution < -0.4 is 21.3 Å². The van der Waals surface area contributed by atoms with Gasteiger partial charge in [-0.25, -0.2) is 5.01 Å². The SMILES string of the molecule is CC1=C(C(=O)NC2=CCNCN2)N2N=C(c3ccccc3C(F)(F)F)C=CC2N1. The van der Waals surface area contributed by atoms with Crippen LogP contribution in [-0.2, 0) is 11.0 Å². The summed E-state index contributed by atoms with van der Waals surface area (Å²) in [4.78, 5) is 12.8. The molecule has 0 saturated heterocycles. The third-order valence-electron chi connectivity index (χ3n) is 4.69. The highest BCUT2D eigenvalue weighted by molar-refractivity contribution is 6.10. The van der Waals surface area contributed by atoms with Gasteiger partial charge in [0.1, 0.15) is 17.7 Å². The molecule has 4 N–H and O–H groups in total. The second kappa shape index (κ2) is 7.28. The van der Waals surface area contributed by atoms with Gasteiger partial charge in [0.05, 0.1) is 17.9 Å². The summed E-state index contributed by atoms with van der Waals surface area (Å²) >= 11 is 0. The van der Waals surface area contributed by atoms with Crippen LogP contribution in [0.4, 0.5) is 13.2 Å². The van der Waals surface area contributed by atoms with Gasteiger partial charge < -0.3 is 16.0 Å². The Balaban J connectivity index is 1.65. The summed E-state index contributed by atoms with van der Waals surface area (Å²) in [5.41, 5.74) is 0.157. The molecule has 152 valence electrons. The minimum atomic E-state index is -4.51. The van der Waals surface area contributed by atoms with Gasteiger partial charge in [0.15, 0.2) is 0 Å². The fourth-order valence-corrected chi connectivity index (χ4v) is 3.36. The molecule has 1 aromatic carbocycles. The number of benzene rings is 1. The smallest absolute Gasteiger partial charge is 0.362 e. The third-order valence-corrected chi connectivity index (χ3v) is 4.69. The molecule has 0 fully saturated rings. The first-order chi connectivity index (χ1) is 13.8. The molecule has 1 unspecified atom stereocenters. The second-order valence-electron chi connectivity index (χ2n) is 6.67. The van der Waals surface area contributed by atoms with E-state index in [9.17, 15) is 18.0 Å². The number of carbonyl (C=O) groups is 1. The van der Waals surface area contributed by atoms with E-state index < -0.39 is 23.8 Å². The number of allylic oxidation sites excluding steroid dienone is 2. The quantitative estimate of drug-likeness (QED) is 0.615. The second-order valence-corrected chi connectivity index (χ2v) is 6.67. The Morgan fingerprint density at radius 1 is 1.31 bits per heavy atom. The van der Waals surface area contributed by atoms with E-state index in [2.05, 4.69) is 26.4 Å². The number of hydrogen-bond donors (Lipinski definition) is 4. The molecule has 0 radical (unpaired) electrons. The highest BCUT2D eigenvalue weighted by Crippen LogP contribution is 2.34. The topological polar surface area (TPSA) is 80.8 Å². The van der Waals surface area contributed by atoms with E-state index in [-0.39, 0.29) is 17.0 Å². The van der Waals surface area contributed by atoms with Gasteiger partial charge in [-0.15, -0.1) is 0 Å². The number of hydrazone groups is 1. The number of fused-ring (bicyclic) bond motifs is 1. The van der Waals surface area contributed by atoms with Crippen molar-refractivity contribution in [2.45, 2.75) is 19.3 Å². The maximum absolute atomic E-state index is 13.4. The van der Waals surface area contributed by atoms with Gasteiger partial charge in [0.2, 0.25) is 0 Å². The van der Waals surface area contributed by atoms with Crippen LogP contribution in [0.5, 0.6) is 0 Å². The van der Waals surface area contributed by atoms with Gasteiger partial charge in [0, 0.05) is 17.8 Å². The number of carbonyl (C=O) groups excluding carboxylic acids is 1. The molecule has 7 nitrogen and oxygen atoms in total. The third kappa shape index (κ3) is 3.70. The molecule has 1 amide bonds. The molecule has 3 aliphatic rings. The van der Waals surface area contributed by atoms with Crippen molar-refractivity contribution in [2.24, 2.45) is 5.10 Å². The summed E-state index contributed by atoms with van der Waals surface area (Å²) in [7, 11) is 0. The number of halogens is 3. The lowest BCUT2D eigenvalue weighted by atomic mass is 10.0. The standard InChI is InChI=1S/C19H19F3N6O/c1-11-17(18(29)26-15-8-9-23-10-24-15)28-16(25-11)7-6-14(27-28)12-4-2-3-5-13(12)19(20,21)22/h2-8,16,23-25H,9-10H2,1H3,(H,26,29). The van der Waals surface area contributed by atoms with Crippen LogP contribution in [0.3, 0.4) is 0 Å². The first-order valence-corrected chi connectivity index (χ1v) is 9.01. The summed E-state index contributed by atoms with van der Waals surface area (Å²) in [6, 6.07) is 5.25. The largest absolute Gasteiger partial charge is 0.417 e. The van der Waals surface area contributed by atoms with Crippen molar-refractivity contribution < 1.29 is 18.0 Å². The highest BCUT2D eigenvalue weighted by Gasteiger charge is 2.37. The molecule has 10 heteroatoms.